The first-order valence-corrected chi connectivity index (χ1v) is 6.82. The van der Waals surface area contributed by atoms with Crippen LogP contribution in [0, 0.1) is 0 Å². The second-order valence-electron chi connectivity index (χ2n) is 5.17. The van der Waals surface area contributed by atoms with Crippen LogP contribution in [0.3, 0.4) is 0 Å². The molecule has 0 bridgehead atoms. The lowest BCUT2D eigenvalue weighted by molar-refractivity contribution is 0.0568. The van der Waals surface area contributed by atoms with Crippen molar-refractivity contribution in [1.29, 1.82) is 0 Å². The molecule has 0 saturated carbocycles. The highest BCUT2D eigenvalue weighted by atomic mass is 16.5. The van der Waals surface area contributed by atoms with Crippen LogP contribution in [0.1, 0.15) is 27.2 Å². The minimum atomic E-state index is 0.153. The van der Waals surface area contributed by atoms with E-state index < -0.39 is 0 Å². The fourth-order valence-electron chi connectivity index (χ4n) is 2.95. The van der Waals surface area contributed by atoms with Gasteiger partial charge >= 0.3 is 0 Å². The van der Waals surface area contributed by atoms with Crippen LogP contribution in [-0.4, -0.2) is 67.8 Å². The van der Waals surface area contributed by atoms with Crippen LogP contribution in [0.4, 0.5) is 0 Å². The number of ether oxygens (including phenoxy) is 1. The Labute approximate surface area is 106 Å². The lowest BCUT2D eigenvalue weighted by Gasteiger charge is -2.40. The number of likely N-dealkylation sites (N-methyl/N-ethyl adjacent to an activating group) is 2. The van der Waals surface area contributed by atoms with Crippen LogP contribution < -0.4 is 5.73 Å². The summed E-state index contributed by atoms with van der Waals surface area (Å²) in [6, 6.07) is 0.625. The van der Waals surface area contributed by atoms with E-state index in [4.69, 9.17) is 10.5 Å². The Morgan fingerprint density at radius 1 is 1.47 bits per heavy atom. The van der Waals surface area contributed by atoms with Crippen molar-refractivity contribution in [2.45, 2.75) is 38.8 Å². The van der Waals surface area contributed by atoms with Crippen LogP contribution in [0.5, 0.6) is 0 Å². The number of likely N-dealkylation sites (tertiary alicyclic amines) is 1. The summed E-state index contributed by atoms with van der Waals surface area (Å²) in [5.74, 6) is 0. The maximum atomic E-state index is 6.06. The molecule has 0 aliphatic carbocycles. The van der Waals surface area contributed by atoms with E-state index in [9.17, 15) is 0 Å². The monoisotopic (exact) mass is 243 g/mol. The highest BCUT2D eigenvalue weighted by molar-refractivity contribution is 5.02. The van der Waals surface area contributed by atoms with Gasteiger partial charge in [-0.3, -0.25) is 4.90 Å². The molecule has 1 saturated heterocycles. The predicted molar refractivity (Wildman–Crippen MR) is 72.2 cm³/mol. The number of rotatable bonds is 7. The highest BCUT2D eigenvalue weighted by Gasteiger charge is 2.43. The third-order valence-electron chi connectivity index (χ3n) is 4.11. The van der Waals surface area contributed by atoms with E-state index in [-0.39, 0.29) is 5.54 Å². The van der Waals surface area contributed by atoms with Crippen LogP contribution in [-0.2, 0) is 4.74 Å². The smallest absolute Gasteiger partial charge is 0.0593 e. The average molecular weight is 243 g/mol. The van der Waals surface area contributed by atoms with E-state index in [1.165, 1.54) is 6.42 Å². The number of nitrogens with two attached hydrogens (primary N) is 1. The molecule has 4 nitrogen and oxygen atoms in total. The Morgan fingerprint density at radius 3 is 2.59 bits per heavy atom. The van der Waals surface area contributed by atoms with Crippen molar-refractivity contribution >= 4 is 0 Å². The maximum absolute atomic E-state index is 6.06. The number of hydrogen-bond acceptors (Lipinski definition) is 4. The highest BCUT2D eigenvalue weighted by Crippen LogP contribution is 2.30. The summed E-state index contributed by atoms with van der Waals surface area (Å²) in [5, 5.41) is 0. The Morgan fingerprint density at radius 2 is 2.18 bits per heavy atom. The van der Waals surface area contributed by atoms with Gasteiger partial charge in [0.25, 0.3) is 0 Å². The zero-order valence-corrected chi connectivity index (χ0v) is 11.9. The predicted octanol–water partition coefficient (Wildman–Crippen LogP) is 0.766. The zero-order chi connectivity index (χ0) is 12.9. The summed E-state index contributed by atoms with van der Waals surface area (Å²) < 4.78 is 5.47. The van der Waals surface area contributed by atoms with E-state index in [0.29, 0.717) is 6.04 Å². The van der Waals surface area contributed by atoms with Gasteiger partial charge in [-0.05, 0) is 33.9 Å². The van der Waals surface area contributed by atoms with Crippen LogP contribution in [0.2, 0.25) is 0 Å². The first-order valence-electron chi connectivity index (χ1n) is 6.82. The fourth-order valence-corrected chi connectivity index (χ4v) is 2.95. The molecule has 102 valence electrons. The summed E-state index contributed by atoms with van der Waals surface area (Å²) in [6.45, 7) is 12.0. The van der Waals surface area contributed by atoms with Crippen LogP contribution in [0.15, 0.2) is 0 Å². The summed E-state index contributed by atoms with van der Waals surface area (Å²) in [6.07, 6.45) is 1.17. The molecule has 1 heterocycles. The van der Waals surface area contributed by atoms with E-state index in [2.05, 4.69) is 30.7 Å². The van der Waals surface area contributed by atoms with Gasteiger partial charge in [-0.25, -0.2) is 0 Å². The Kier molecular flexibility index (Phi) is 5.86. The molecule has 0 aromatic rings. The zero-order valence-electron chi connectivity index (χ0n) is 11.9. The fraction of sp³-hybridized carbons (Fsp3) is 1.00. The molecule has 0 amide bonds. The van der Waals surface area contributed by atoms with E-state index >= 15 is 0 Å². The summed E-state index contributed by atoms with van der Waals surface area (Å²) in [4.78, 5) is 4.92. The standard InChI is InChI=1S/C13H29N3O/c1-5-16(7-8-17-6-2)13(10-14)9-12(3)15(4)11-13/h12H,5-11,14H2,1-4H3. The molecule has 17 heavy (non-hydrogen) atoms. The molecule has 1 rings (SSSR count). The first-order chi connectivity index (χ1) is 8.09. The molecule has 4 heteroatoms. The van der Waals surface area contributed by atoms with Gasteiger partial charge in [-0.1, -0.05) is 6.92 Å². The Balaban J connectivity index is 2.63. The van der Waals surface area contributed by atoms with Gasteiger partial charge in [0, 0.05) is 37.8 Å². The van der Waals surface area contributed by atoms with Crippen molar-refractivity contribution in [3.8, 4) is 0 Å². The Bertz CT molecular complexity index is 213. The van der Waals surface area contributed by atoms with Gasteiger partial charge in [0.1, 0.15) is 0 Å². The van der Waals surface area contributed by atoms with Crippen molar-refractivity contribution in [2.75, 3.05) is 46.4 Å². The molecule has 2 atom stereocenters. The molecule has 0 aromatic heterocycles. The first kappa shape index (κ1) is 14.9. The molecule has 1 aliphatic heterocycles. The quantitative estimate of drug-likeness (QED) is 0.671. The van der Waals surface area contributed by atoms with Gasteiger partial charge in [0.15, 0.2) is 0 Å². The topological polar surface area (TPSA) is 41.7 Å². The van der Waals surface area contributed by atoms with Crippen LogP contribution >= 0.6 is 0 Å². The summed E-state index contributed by atoms with van der Waals surface area (Å²) >= 11 is 0. The lowest BCUT2D eigenvalue weighted by Crippen LogP contribution is -2.56. The minimum Gasteiger partial charge on any atom is -0.380 e. The molecule has 2 N–H and O–H groups in total. The van der Waals surface area contributed by atoms with Crippen molar-refractivity contribution in [3.05, 3.63) is 0 Å². The van der Waals surface area contributed by atoms with Gasteiger partial charge in [0.2, 0.25) is 0 Å². The van der Waals surface area contributed by atoms with Gasteiger partial charge in [0.05, 0.1) is 6.61 Å². The second kappa shape index (κ2) is 6.69. The largest absolute Gasteiger partial charge is 0.380 e. The normalized spacial score (nSPS) is 30.4. The molecule has 1 fully saturated rings. The molecular weight excluding hydrogens is 214 g/mol. The van der Waals surface area contributed by atoms with E-state index in [0.717, 1.165) is 39.4 Å². The molecule has 0 spiro atoms. The second-order valence-corrected chi connectivity index (χ2v) is 5.17. The summed E-state index contributed by atoms with van der Waals surface area (Å²) in [5.41, 5.74) is 6.22. The molecule has 2 unspecified atom stereocenters. The number of nitrogens with zero attached hydrogens (tertiary/aromatic N) is 2. The molecule has 0 aromatic carbocycles. The molecule has 0 radical (unpaired) electrons. The number of hydrogen-bond donors (Lipinski definition) is 1. The third kappa shape index (κ3) is 3.41. The van der Waals surface area contributed by atoms with E-state index in [1.807, 2.05) is 6.92 Å². The SMILES string of the molecule is CCOCCN(CC)C1(CN)CC(C)N(C)C1. The van der Waals surface area contributed by atoms with Crippen molar-refractivity contribution in [3.63, 3.8) is 0 Å². The van der Waals surface area contributed by atoms with Crippen molar-refractivity contribution in [2.24, 2.45) is 5.73 Å². The van der Waals surface area contributed by atoms with Crippen LogP contribution in [0.25, 0.3) is 0 Å². The molecular formula is C13H29N3O. The van der Waals surface area contributed by atoms with Gasteiger partial charge in [-0.2, -0.15) is 0 Å². The van der Waals surface area contributed by atoms with E-state index in [1.54, 1.807) is 0 Å². The van der Waals surface area contributed by atoms with Crippen molar-refractivity contribution < 1.29 is 4.74 Å². The minimum absolute atomic E-state index is 0.153. The molecule has 1 aliphatic rings. The van der Waals surface area contributed by atoms with Crippen molar-refractivity contribution in [1.82, 2.24) is 9.80 Å². The van der Waals surface area contributed by atoms with Gasteiger partial charge in [-0.15, -0.1) is 0 Å². The maximum Gasteiger partial charge on any atom is 0.0593 e. The Hall–Kier alpha value is -0.160. The summed E-state index contributed by atoms with van der Waals surface area (Å²) in [7, 11) is 2.19. The lowest BCUT2D eigenvalue weighted by atomic mass is 9.94. The average Bonchev–Trinajstić information content (AvgIpc) is 2.62. The third-order valence-corrected chi connectivity index (χ3v) is 4.11. The van der Waals surface area contributed by atoms with Gasteiger partial charge < -0.3 is 15.4 Å².